The third kappa shape index (κ3) is 2.17. The summed E-state index contributed by atoms with van der Waals surface area (Å²) in [5, 5.41) is 12.5. The van der Waals surface area contributed by atoms with Crippen molar-refractivity contribution >= 4 is 0 Å². The maximum absolute atomic E-state index is 9.54. The molecule has 0 aromatic carbocycles. The second-order valence-corrected chi connectivity index (χ2v) is 3.40. The average Bonchev–Trinajstić information content (AvgIpc) is 2.01. The SMILES string of the molecule is CNC[C@H]1O[C@H](C)[C@H](N)C[C@@H]1O. The van der Waals surface area contributed by atoms with Gasteiger partial charge in [0.1, 0.15) is 0 Å². The van der Waals surface area contributed by atoms with E-state index in [1.54, 1.807) is 0 Å². The maximum Gasteiger partial charge on any atom is 0.0962 e. The molecule has 0 aromatic rings. The van der Waals surface area contributed by atoms with Gasteiger partial charge in [0.25, 0.3) is 0 Å². The van der Waals surface area contributed by atoms with Gasteiger partial charge in [0.15, 0.2) is 0 Å². The van der Waals surface area contributed by atoms with Gasteiger partial charge >= 0.3 is 0 Å². The predicted molar refractivity (Wildman–Crippen MR) is 46.9 cm³/mol. The van der Waals surface area contributed by atoms with Crippen LogP contribution in [0.5, 0.6) is 0 Å². The van der Waals surface area contributed by atoms with E-state index in [4.69, 9.17) is 10.5 Å². The highest BCUT2D eigenvalue weighted by Gasteiger charge is 2.32. The van der Waals surface area contributed by atoms with E-state index in [0.717, 1.165) is 0 Å². The normalized spacial score (nSPS) is 43.0. The van der Waals surface area contributed by atoms with Crippen molar-refractivity contribution in [2.45, 2.75) is 37.7 Å². The summed E-state index contributed by atoms with van der Waals surface area (Å²) in [5.74, 6) is 0. The van der Waals surface area contributed by atoms with E-state index in [1.165, 1.54) is 0 Å². The van der Waals surface area contributed by atoms with Crippen LogP contribution < -0.4 is 11.1 Å². The molecule has 0 aromatic heterocycles. The van der Waals surface area contributed by atoms with Crippen molar-refractivity contribution in [1.29, 1.82) is 0 Å². The van der Waals surface area contributed by atoms with Gasteiger partial charge in [-0.25, -0.2) is 0 Å². The number of nitrogens with two attached hydrogens (primary N) is 1. The minimum atomic E-state index is -0.427. The van der Waals surface area contributed by atoms with Crippen molar-refractivity contribution in [2.75, 3.05) is 13.6 Å². The lowest BCUT2D eigenvalue weighted by Crippen LogP contribution is -2.52. The molecule has 12 heavy (non-hydrogen) atoms. The number of hydrogen-bond acceptors (Lipinski definition) is 4. The molecule has 4 nitrogen and oxygen atoms in total. The molecule has 1 saturated heterocycles. The number of rotatable bonds is 2. The largest absolute Gasteiger partial charge is 0.390 e. The fraction of sp³-hybridized carbons (Fsp3) is 1.00. The van der Waals surface area contributed by atoms with Crippen molar-refractivity contribution in [1.82, 2.24) is 5.32 Å². The highest BCUT2D eigenvalue weighted by molar-refractivity contribution is 4.85. The molecular weight excluding hydrogens is 156 g/mol. The fourth-order valence-corrected chi connectivity index (χ4v) is 1.47. The maximum atomic E-state index is 9.54. The van der Waals surface area contributed by atoms with Crippen LogP contribution in [0.3, 0.4) is 0 Å². The van der Waals surface area contributed by atoms with E-state index >= 15 is 0 Å². The van der Waals surface area contributed by atoms with Crippen LogP contribution in [0.4, 0.5) is 0 Å². The van der Waals surface area contributed by atoms with Gasteiger partial charge in [-0.05, 0) is 20.4 Å². The Hall–Kier alpha value is -0.160. The Labute approximate surface area is 73.1 Å². The molecule has 0 spiro atoms. The molecule has 0 unspecified atom stereocenters. The van der Waals surface area contributed by atoms with Gasteiger partial charge in [0.05, 0.1) is 18.3 Å². The monoisotopic (exact) mass is 174 g/mol. The van der Waals surface area contributed by atoms with Crippen LogP contribution in [0.1, 0.15) is 13.3 Å². The summed E-state index contributed by atoms with van der Waals surface area (Å²) in [6, 6.07) is -0.0342. The van der Waals surface area contributed by atoms with Gasteiger partial charge in [0, 0.05) is 12.6 Å². The van der Waals surface area contributed by atoms with E-state index < -0.39 is 6.10 Å². The topological polar surface area (TPSA) is 67.5 Å². The Morgan fingerprint density at radius 2 is 2.33 bits per heavy atom. The minimum Gasteiger partial charge on any atom is -0.390 e. The summed E-state index contributed by atoms with van der Waals surface area (Å²) in [7, 11) is 1.84. The Morgan fingerprint density at radius 3 is 2.92 bits per heavy atom. The Morgan fingerprint density at radius 1 is 1.67 bits per heavy atom. The summed E-state index contributed by atoms with van der Waals surface area (Å²) in [4.78, 5) is 0. The molecule has 0 radical (unpaired) electrons. The molecule has 0 amide bonds. The Kier molecular flexibility index (Phi) is 3.46. The van der Waals surface area contributed by atoms with Crippen LogP contribution in [0.15, 0.2) is 0 Å². The quantitative estimate of drug-likeness (QED) is 0.506. The van der Waals surface area contributed by atoms with Crippen molar-refractivity contribution in [3.05, 3.63) is 0 Å². The molecule has 1 aliphatic heterocycles. The first-order valence-electron chi connectivity index (χ1n) is 4.39. The van der Waals surface area contributed by atoms with E-state index in [-0.39, 0.29) is 18.2 Å². The summed E-state index contributed by atoms with van der Waals surface area (Å²) >= 11 is 0. The molecule has 4 heteroatoms. The van der Waals surface area contributed by atoms with E-state index in [2.05, 4.69) is 5.32 Å². The summed E-state index contributed by atoms with van der Waals surface area (Å²) in [6.45, 7) is 2.62. The zero-order valence-corrected chi connectivity index (χ0v) is 7.66. The third-order valence-electron chi connectivity index (χ3n) is 2.34. The van der Waals surface area contributed by atoms with Crippen molar-refractivity contribution in [2.24, 2.45) is 5.73 Å². The fourth-order valence-electron chi connectivity index (χ4n) is 1.47. The third-order valence-corrected chi connectivity index (χ3v) is 2.34. The number of likely N-dealkylation sites (N-methyl/N-ethyl adjacent to an activating group) is 1. The van der Waals surface area contributed by atoms with Gasteiger partial charge < -0.3 is 20.9 Å². The van der Waals surface area contributed by atoms with Crippen LogP contribution in [0, 0.1) is 0 Å². The Bertz CT molecular complexity index is 143. The van der Waals surface area contributed by atoms with E-state index in [9.17, 15) is 5.11 Å². The average molecular weight is 174 g/mol. The number of aliphatic hydroxyl groups is 1. The van der Waals surface area contributed by atoms with Gasteiger partial charge in [-0.2, -0.15) is 0 Å². The molecular formula is C8H18N2O2. The summed E-state index contributed by atoms with van der Waals surface area (Å²) in [6.07, 6.45) is 0.147. The number of aliphatic hydroxyl groups excluding tert-OH is 1. The summed E-state index contributed by atoms with van der Waals surface area (Å²) < 4.78 is 5.51. The molecule has 1 fully saturated rings. The zero-order chi connectivity index (χ0) is 9.14. The van der Waals surface area contributed by atoms with Gasteiger partial charge in [-0.3, -0.25) is 0 Å². The Balaban J connectivity index is 2.43. The van der Waals surface area contributed by atoms with Crippen LogP contribution in [-0.2, 0) is 4.74 Å². The standard InChI is InChI=1S/C8H18N2O2/c1-5-6(9)3-7(11)8(12-5)4-10-2/h5-8,10-11H,3-4,9H2,1-2H3/t5-,6-,7+,8-/m1/s1. The first kappa shape index (κ1) is 9.92. The van der Waals surface area contributed by atoms with Crippen molar-refractivity contribution in [3.63, 3.8) is 0 Å². The second kappa shape index (κ2) is 4.18. The van der Waals surface area contributed by atoms with Crippen LogP contribution >= 0.6 is 0 Å². The molecule has 0 aliphatic carbocycles. The van der Waals surface area contributed by atoms with E-state index in [1.807, 2.05) is 14.0 Å². The van der Waals surface area contributed by atoms with Crippen LogP contribution in [0.25, 0.3) is 0 Å². The molecule has 1 aliphatic rings. The first-order valence-corrected chi connectivity index (χ1v) is 4.39. The molecule has 0 bridgehead atoms. The lowest BCUT2D eigenvalue weighted by Gasteiger charge is -2.36. The lowest BCUT2D eigenvalue weighted by atomic mass is 9.97. The number of hydrogen-bond donors (Lipinski definition) is 3. The first-order chi connectivity index (χ1) is 5.65. The van der Waals surface area contributed by atoms with Crippen molar-refractivity contribution in [3.8, 4) is 0 Å². The van der Waals surface area contributed by atoms with Gasteiger partial charge in [-0.1, -0.05) is 0 Å². The minimum absolute atomic E-state index is 0.0342. The molecule has 1 rings (SSSR count). The molecule has 1 heterocycles. The highest BCUT2D eigenvalue weighted by Crippen LogP contribution is 2.17. The van der Waals surface area contributed by atoms with Crippen molar-refractivity contribution < 1.29 is 9.84 Å². The van der Waals surface area contributed by atoms with Gasteiger partial charge in [-0.15, -0.1) is 0 Å². The predicted octanol–water partition coefficient (Wildman–Crippen LogP) is -0.929. The number of nitrogens with one attached hydrogen (secondary N) is 1. The van der Waals surface area contributed by atoms with Gasteiger partial charge in [0.2, 0.25) is 0 Å². The summed E-state index contributed by atoms with van der Waals surface area (Å²) in [5.41, 5.74) is 5.72. The van der Waals surface area contributed by atoms with Crippen LogP contribution in [-0.4, -0.2) is 43.1 Å². The lowest BCUT2D eigenvalue weighted by molar-refractivity contribution is -0.116. The zero-order valence-electron chi connectivity index (χ0n) is 7.66. The van der Waals surface area contributed by atoms with E-state index in [0.29, 0.717) is 13.0 Å². The highest BCUT2D eigenvalue weighted by atomic mass is 16.5. The smallest absolute Gasteiger partial charge is 0.0962 e. The molecule has 72 valence electrons. The van der Waals surface area contributed by atoms with Crippen LogP contribution in [0.2, 0.25) is 0 Å². The molecule has 0 saturated carbocycles. The molecule has 4 atom stereocenters. The second-order valence-electron chi connectivity index (χ2n) is 3.40. The molecule has 4 N–H and O–H groups in total. The number of ether oxygens (including phenoxy) is 1.